The number of hydrogen-bond donors (Lipinski definition) is 1. The van der Waals surface area contributed by atoms with E-state index in [1.54, 1.807) is 0 Å². The van der Waals surface area contributed by atoms with Gasteiger partial charge < -0.3 is 9.88 Å². The average molecular weight is 379 g/mol. The quantitative estimate of drug-likeness (QED) is 0.418. The minimum Gasteiger partial charge on any atom is -0.362 e. The molecular weight excluding hydrogens is 352 g/mol. The number of aromatic nitrogens is 1. The van der Waals surface area contributed by atoms with Crippen LogP contribution in [0.1, 0.15) is 53.6 Å². The first-order chi connectivity index (χ1) is 14.4. The molecule has 29 heavy (non-hydrogen) atoms. The van der Waals surface area contributed by atoms with E-state index in [9.17, 15) is 0 Å². The fourth-order valence-corrected chi connectivity index (χ4v) is 5.95. The third-order valence-corrected chi connectivity index (χ3v) is 7.12. The molecule has 4 aromatic rings. The Labute approximate surface area is 172 Å². The first kappa shape index (κ1) is 16.9. The summed E-state index contributed by atoms with van der Waals surface area (Å²) in [6, 6.07) is 29.5. The number of nitrogens with zero attached hydrogens (tertiary/aromatic N) is 1. The third-order valence-electron chi connectivity index (χ3n) is 7.12. The van der Waals surface area contributed by atoms with Gasteiger partial charge >= 0.3 is 0 Å². The standard InChI is InChI=1S/C27H26N2/c1-2-19-21-13-7-9-15-24(21)29-17-16-22-20-12-6-8-14-23(20)28-26(22)27(29)25(19)18-10-4-3-5-11-18/h3-15,19,25,27-28H,2,16-17H2,1H3/t19-,25+,27+/m1/s1. The second-order valence-electron chi connectivity index (χ2n) is 8.46. The van der Waals surface area contributed by atoms with Crippen LogP contribution in [0.15, 0.2) is 78.9 Å². The molecule has 3 aromatic carbocycles. The lowest BCUT2D eigenvalue weighted by Crippen LogP contribution is -2.44. The predicted octanol–water partition coefficient (Wildman–Crippen LogP) is 6.56. The molecule has 1 aromatic heterocycles. The summed E-state index contributed by atoms with van der Waals surface area (Å²) in [5.74, 6) is 0.968. The zero-order valence-electron chi connectivity index (χ0n) is 16.8. The SMILES string of the molecule is CC[C@@H]1c2ccccc2N2CCc3c([nH]c4ccccc34)[C@@H]2[C@H]1c1ccccc1. The van der Waals surface area contributed by atoms with Crippen molar-refractivity contribution in [1.82, 2.24) is 4.98 Å². The molecule has 1 N–H and O–H groups in total. The minimum atomic E-state index is 0.355. The summed E-state index contributed by atoms with van der Waals surface area (Å²) in [6.07, 6.45) is 2.25. The van der Waals surface area contributed by atoms with Crippen molar-refractivity contribution in [2.75, 3.05) is 11.4 Å². The van der Waals surface area contributed by atoms with Crippen molar-refractivity contribution in [2.24, 2.45) is 0 Å². The molecular formula is C27H26N2. The molecule has 0 bridgehead atoms. The highest BCUT2D eigenvalue weighted by atomic mass is 15.2. The maximum absolute atomic E-state index is 3.85. The summed E-state index contributed by atoms with van der Waals surface area (Å²) in [4.78, 5) is 6.53. The van der Waals surface area contributed by atoms with Crippen LogP contribution in [-0.4, -0.2) is 11.5 Å². The Morgan fingerprint density at radius 1 is 0.897 bits per heavy atom. The van der Waals surface area contributed by atoms with Crippen LogP contribution >= 0.6 is 0 Å². The summed E-state index contributed by atoms with van der Waals surface area (Å²) in [6.45, 7) is 3.43. The van der Waals surface area contributed by atoms with Crippen LogP contribution in [-0.2, 0) is 6.42 Å². The van der Waals surface area contributed by atoms with Crippen LogP contribution in [0.25, 0.3) is 10.9 Å². The Hall–Kier alpha value is -3.00. The lowest BCUT2D eigenvalue weighted by molar-refractivity contribution is 0.384. The molecule has 2 nitrogen and oxygen atoms in total. The Balaban J connectivity index is 1.63. The number of hydrogen-bond acceptors (Lipinski definition) is 1. The van der Waals surface area contributed by atoms with Gasteiger partial charge in [-0.05, 0) is 47.6 Å². The van der Waals surface area contributed by atoms with Crippen molar-refractivity contribution < 1.29 is 0 Å². The number of anilines is 1. The van der Waals surface area contributed by atoms with Gasteiger partial charge in [-0.2, -0.15) is 0 Å². The summed E-state index contributed by atoms with van der Waals surface area (Å²) in [5.41, 5.74) is 8.63. The van der Waals surface area contributed by atoms with Crippen molar-refractivity contribution in [3.05, 3.63) is 101 Å². The lowest BCUT2D eigenvalue weighted by Gasteiger charge is -2.50. The molecule has 0 unspecified atom stereocenters. The van der Waals surface area contributed by atoms with Crippen LogP contribution < -0.4 is 4.90 Å². The van der Waals surface area contributed by atoms with Gasteiger partial charge in [0.2, 0.25) is 0 Å². The van der Waals surface area contributed by atoms with Crippen LogP contribution in [0.4, 0.5) is 5.69 Å². The Bertz CT molecular complexity index is 1170. The molecule has 0 fully saturated rings. The van der Waals surface area contributed by atoms with E-state index in [4.69, 9.17) is 0 Å². The van der Waals surface area contributed by atoms with E-state index >= 15 is 0 Å². The van der Waals surface area contributed by atoms with Gasteiger partial charge in [-0.1, -0.05) is 73.7 Å². The zero-order valence-corrected chi connectivity index (χ0v) is 16.8. The van der Waals surface area contributed by atoms with Gasteiger partial charge in [0.1, 0.15) is 0 Å². The van der Waals surface area contributed by atoms with Gasteiger partial charge in [-0.25, -0.2) is 0 Å². The predicted molar refractivity (Wildman–Crippen MR) is 121 cm³/mol. The van der Waals surface area contributed by atoms with Crippen LogP contribution in [0.3, 0.4) is 0 Å². The molecule has 3 atom stereocenters. The summed E-state index contributed by atoms with van der Waals surface area (Å²) < 4.78 is 0. The molecule has 144 valence electrons. The molecule has 3 heterocycles. The monoisotopic (exact) mass is 378 g/mol. The minimum absolute atomic E-state index is 0.355. The number of rotatable bonds is 2. The molecule has 0 saturated heterocycles. The summed E-state index contributed by atoms with van der Waals surface area (Å²) in [5, 5.41) is 1.40. The molecule has 0 radical (unpaired) electrons. The Kier molecular flexibility index (Phi) is 3.80. The second kappa shape index (κ2) is 6.52. The first-order valence-corrected chi connectivity index (χ1v) is 10.9. The molecule has 2 aliphatic heterocycles. The zero-order chi connectivity index (χ0) is 19.4. The van der Waals surface area contributed by atoms with E-state index in [-0.39, 0.29) is 0 Å². The van der Waals surface area contributed by atoms with Crippen LogP contribution in [0, 0.1) is 0 Å². The summed E-state index contributed by atoms with van der Waals surface area (Å²) in [7, 11) is 0. The van der Waals surface area contributed by atoms with Crippen molar-refractivity contribution >= 4 is 16.6 Å². The fourth-order valence-electron chi connectivity index (χ4n) is 5.95. The maximum Gasteiger partial charge on any atom is 0.0769 e. The van der Waals surface area contributed by atoms with Gasteiger partial charge in [0.15, 0.2) is 0 Å². The smallest absolute Gasteiger partial charge is 0.0769 e. The average Bonchev–Trinajstić information content (AvgIpc) is 3.17. The van der Waals surface area contributed by atoms with Gasteiger partial charge in [0.25, 0.3) is 0 Å². The fraction of sp³-hybridized carbons (Fsp3) is 0.259. The number of fused-ring (bicyclic) bond motifs is 7. The number of para-hydroxylation sites is 2. The van der Waals surface area contributed by atoms with Crippen LogP contribution in [0.2, 0.25) is 0 Å². The molecule has 2 aliphatic rings. The van der Waals surface area contributed by atoms with E-state index in [1.165, 1.54) is 39.0 Å². The molecule has 0 aliphatic carbocycles. The molecule has 2 heteroatoms. The number of nitrogens with one attached hydrogen (secondary N) is 1. The first-order valence-electron chi connectivity index (χ1n) is 10.9. The highest BCUT2D eigenvalue weighted by molar-refractivity contribution is 5.86. The lowest BCUT2D eigenvalue weighted by atomic mass is 9.69. The molecule has 0 amide bonds. The van der Waals surface area contributed by atoms with Crippen molar-refractivity contribution in [3.63, 3.8) is 0 Å². The number of H-pyrrole nitrogens is 1. The molecule has 6 rings (SSSR count). The van der Waals surface area contributed by atoms with E-state index in [1.807, 2.05) is 0 Å². The second-order valence-corrected chi connectivity index (χ2v) is 8.46. The van der Waals surface area contributed by atoms with E-state index in [0.29, 0.717) is 17.9 Å². The van der Waals surface area contributed by atoms with Gasteiger partial charge in [0.05, 0.1) is 6.04 Å². The molecule has 0 spiro atoms. The number of benzene rings is 3. The third kappa shape index (κ3) is 2.42. The number of aromatic amines is 1. The van der Waals surface area contributed by atoms with E-state index in [2.05, 4.69) is 95.7 Å². The van der Waals surface area contributed by atoms with Gasteiger partial charge in [-0.3, -0.25) is 0 Å². The normalized spacial score (nSPS) is 22.8. The molecule has 0 saturated carbocycles. The topological polar surface area (TPSA) is 19.0 Å². The van der Waals surface area contributed by atoms with Gasteiger partial charge in [0, 0.05) is 34.7 Å². The highest BCUT2D eigenvalue weighted by Gasteiger charge is 2.45. The van der Waals surface area contributed by atoms with Crippen molar-refractivity contribution in [1.29, 1.82) is 0 Å². The Morgan fingerprint density at radius 2 is 1.66 bits per heavy atom. The van der Waals surface area contributed by atoms with E-state index in [0.717, 1.165) is 19.4 Å². The summed E-state index contributed by atoms with van der Waals surface area (Å²) >= 11 is 0. The highest BCUT2D eigenvalue weighted by Crippen LogP contribution is 2.56. The van der Waals surface area contributed by atoms with E-state index < -0.39 is 0 Å². The Morgan fingerprint density at radius 3 is 2.52 bits per heavy atom. The van der Waals surface area contributed by atoms with Crippen LogP contribution in [0.5, 0.6) is 0 Å². The maximum atomic E-state index is 3.85. The van der Waals surface area contributed by atoms with Crippen molar-refractivity contribution in [3.8, 4) is 0 Å². The van der Waals surface area contributed by atoms with Gasteiger partial charge in [-0.15, -0.1) is 0 Å². The van der Waals surface area contributed by atoms with Crippen molar-refractivity contribution in [2.45, 2.75) is 37.6 Å². The largest absolute Gasteiger partial charge is 0.362 e.